The average Bonchev–Trinajstić information content (AvgIpc) is 3.04. The van der Waals surface area contributed by atoms with Gasteiger partial charge in [-0.05, 0) is 119 Å². The summed E-state index contributed by atoms with van der Waals surface area (Å²) < 4.78 is 18.8. The maximum atomic E-state index is 12.3. The van der Waals surface area contributed by atoms with Crippen LogP contribution in [0.3, 0.4) is 0 Å². The van der Waals surface area contributed by atoms with E-state index in [2.05, 4.69) is 75.4 Å². The molecule has 0 aromatic heterocycles. The van der Waals surface area contributed by atoms with Crippen LogP contribution in [0, 0.1) is 3.57 Å². The number of aliphatic imine (C=N–C) groups is 1. The third-order valence-corrected chi connectivity index (χ3v) is 7.27. The Morgan fingerprint density at radius 2 is 1.87 bits per heavy atom. The van der Waals surface area contributed by atoms with Crippen molar-refractivity contribution in [3.05, 3.63) is 64.1 Å². The second-order valence-electron chi connectivity index (χ2n) is 5.87. The van der Waals surface area contributed by atoms with Crippen LogP contribution in [0.15, 0.2) is 54.4 Å². The lowest BCUT2D eigenvalue weighted by molar-refractivity contribution is -0.145. The summed E-state index contributed by atoms with van der Waals surface area (Å²) in [5.41, 5.74) is 1.57. The third kappa shape index (κ3) is 5.71. The van der Waals surface area contributed by atoms with Gasteiger partial charge < -0.3 is 14.2 Å². The van der Waals surface area contributed by atoms with Gasteiger partial charge >= 0.3 is 11.9 Å². The predicted molar refractivity (Wildman–Crippen MR) is 131 cm³/mol. The molecular weight excluding hydrogens is 701 g/mol. The third-order valence-electron chi connectivity index (χ3n) is 3.75. The Bertz CT molecular complexity index is 1060. The summed E-state index contributed by atoms with van der Waals surface area (Å²) in [5.74, 6) is -0.294. The number of halogens is 4. The highest BCUT2D eigenvalue weighted by Gasteiger charge is 2.25. The molecule has 0 N–H and O–H groups in total. The molecule has 0 amide bonds. The average molecular weight is 714 g/mol. The van der Waals surface area contributed by atoms with E-state index in [4.69, 9.17) is 14.2 Å². The molecule has 2 aromatic carbocycles. The maximum absolute atomic E-state index is 12.3. The topological polar surface area (TPSA) is 74.2 Å². The highest BCUT2D eigenvalue weighted by atomic mass is 127. The zero-order chi connectivity index (χ0) is 21.8. The number of carbonyl (C=O) groups excluding carboxylic acids is 2. The SMILES string of the molecule is CCOC(=O)COc1c(Br)cc(/C=C2\N=C(c3ccc(I)c(Br)c3)OC2=O)cc1Br. The Kier molecular flexibility index (Phi) is 8.11. The van der Waals surface area contributed by atoms with Gasteiger partial charge in [-0.25, -0.2) is 14.6 Å². The predicted octanol–water partition coefficient (Wildman–Crippen LogP) is 5.87. The first kappa shape index (κ1) is 23.4. The fraction of sp³-hybridized carbons (Fsp3) is 0.150. The van der Waals surface area contributed by atoms with Gasteiger partial charge in [0.2, 0.25) is 5.90 Å². The van der Waals surface area contributed by atoms with Gasteiger partial charge in [-0.2, -0.15) is 0 Å². The van der Waals surface area contributed by atoms with Crippen molar-refractivity contribution in [1.82, 2.24) is 0 Å². The van der Waals surface area contributed by atoms with Crippen LogP contribution in [0.5, 0.6) is 5.75 Å². The molecule has 1 heterocycles. The summed E-state index contributed by atoms with van der Waals surface area (Å²) in [6.07, 6.45) is 1.61. The Morgan fingerprint density at radius 3 is 2.50 bits per heavy atom. The lowest BCUT2D eigenvalue weighted by atomic mass is 10.2. The standard InChI is InChI=1S/C20H13Br3INO5/c1-2-28-17(26)9-29-18-13(22)5-10(6-14(18)23)7-16-20(27)30-19(25-16)11-3-4-15(24)12(21)8-11/h3-8H,2,9H2,1H3/b16-7-. The lowest BCUT2D eigenvalue weighted by Gasteiger charge is -2.10. The van der Waals surface area contributed by atoms with E-state index in [1.807, 2.05) is 18.2 Å². The van der Waals surface area contributed by atoms with Crippen molar-refractivity contribution in [3.8, 4) is 5.75 Å². The van der Waals surface area contributed by atoms with Crippen molar-refractivity contribution in [2.45, 2.75) is 6.92 Å². The molecule has 0 spiro atoms. The van der Waals surface area contributed by atoms with Crippen molar-refractivity contribution in [2.24, 2.45) is 4.99 Å². The summed E-state index contributed by atoms with van der Waals surface area (Å²) in [6, 6.07) is 9.09. The van der Waals surface area contributed by atoms with Gasteiger partial charge in [-0.1, -0.05) is 0 Å². The van der Waals surface area contributed by atoms with Crippen LogP contribution in [0.4, 0.5) is 0 Å². The molecule has 10 heteroatoms. The Hall–Kier alpha value is -1.24. The molecule has 0 saturated carbocycles. The molecule has 0 bridgehead atoms. The van der Waals surface area contributed by atoms with Gasteiger partial charge in [0.25, 0.3) is 0 Å². The van der Waals surface area contributed by atoms with Crippen molar-refractivity contribution < 1.29 is 23.8 Å². The molecule has 0 fully saturated rings. The van der Waals surface area contributed by atoms with E-state index in [9.17, 15) is 9.59 Å². The maximum Gasteiger partial charge on any atom is 0.363 e. The lowest BCUT2D eigenvalue weighted by Crippen LogP contribution is -2.15. The number of rotatable bonds is 6. The van der Waals surface area contributed by atoms with Crippen molar-refractivity contribution >= 4 is 94.3 Å². The quantitative estimate of drug-likeness (QED) is 0.213. The minimum Gasteiger partial charge on any atom is -0.480 e. The van der Waals surface area contributed by atoms with E-state index in [1.54, 1.807) is 25.1 Å². The van der Waals surface area contributed by atoms with Crippen LogP contribution < -0.4 is 4.74 Å². The number of hydrogen-bond donors (Lipinski definition) is 0. The Balaban J connectivity index is 1.83. The summed E-state index contributed by atoms with van der Waals surface area (Å²) in [6.45, 7) is 1.80. The minimum absolute atomic E-state index is 0.179. The van der Waals surface area contributed by atoms with Crippen LogP contribution in [0.25, 0.3) is 6.08 Å². The number of carbonyl (C=O) groups is 2. The molecule has 1 aliphatic heterocycles. The minimum atomic E-state index is -0.533. The number of cyclic esters (lactones) is 1. The van der Waals surface area contributed by atoms with E-state index in [0.29, 0.717) is 25.8 Å². The number of benzene rings is 2. The molecule has 0 aliphatic carbocycles. The van der Waals surface area contributed by atoms with Gasteiger partial charge in [0.15, 0.2) is 12.3 Å². The normalized spacial score (nSPS) is 14.5. The van der Waals surface area contributed by atoms with Gasteiger partial charge in [0, 0.05) is 13.6 Å². The number of ether oxygens (including phenoxy) is 3. The fourth-order valence-corrected chi connectivity index (χ4v) is 4.62. The van der Waals surface area contributed by atoms with Crippen LogP contribution in [-0.2, 0) is 19.1 Å². The molecule has 6 nitrogen and oxygen atoms in total. The smallest absolute Gasteiger partial charge is 0.363 e. The first-order chi connectivity index (χ1) is 14.3. The summed E-state index contributed by atoms with van der Waals surface area (Å²) >= 11 is 12.5. The first-order valence-corrected chi connectivity index (χ1v) is 12.0. The molecule has 3 rings (SSSR count). The van der Waals surface area contributed by atoms with Crippen molar-refractivity contribution in [2.75, 3.05) is 13.2 Å². The van der Waals surface area contributed by atoms with E-state index >= 15 is 0 Å². The number of nitrogens with zero attached hydrogens (tertiary/aromatic N) is 1. The van der Waals surface area contributed by atoms with Gasteiger partial charge in [0.1, 0.15) is 5.75 Å². The van der Waals surface area contributed by atoms with Crippen LogP contribution >= 0.6 is 70.4 Å². The molecule has 1 aliphatic rings. The summed E-state index contributed by atoms with van der Waals surface area (Å²) in [5, 5.41) is 0. The van der Waals surface area contributed by atoms with Gasteiger partial charge in [-0.3, -0.25) is 0 Å². The van der Waals surface area contributed by atoms with E-state index < -0.39 is 11.9 Å². The molecule has 0 unspecified atom stereocenters. The molecule has 2 aromatic rings. The van der Waals surface area contributed by atoms with E-state index in [-0.39, 0.29) is 24.8 Å². The second-order valence-corrected chi connectivity index (χ2v) is 9.60. The van der Waals surface area contributed by atoms with Gasteiger partial charge in [-0.15, -0.1) is 0 Å². The molecule has 30 heavy (non-hydrogen) atoms. The zero-order valence-corrected chi connectivity index (χ0v) is 22.3. The second kappa shape index (κ2) is 10.4. The summed E-state index contributed by atoms with van der Waals surface area (Å²) in [7, 11) is 0. The largest absolute Gasteiger partial charge is 0.480 e. The van der Waals surface area contributed by atoms with Crippen LogP contribution in [-0.4, -0.2) is 31.1 Å². The Morgan fingerprint density at radius 1 is 1.17 bits per heavy atom. The zero-order valence-electron chi connectivity index (χ0n) is 15.4. The highest BCUT2D eigenvalue weighted by Crippen LogP contribution is 2.36. The molecular formula is C20H13Br3INO5. The van der Waals surface area contributed by atoms with Crippen LogP contribution in [0.1, 0.15) is 18.1 Å². The van der Waals surface area contributed by atoms with Crippen molar-refractivity contribution in [3.63, 3.8) is 0 Å². The highest BCUT2D eigenvalue weighted by molar-refractivity contribution is 14.1. The Labute approximate surface area is 211 Å². The molecule has 0 atom stereocenters. The number of esters is 2. The summed E-state index contributed by atoms with van der Waals surface area (Å²) in [4.78, 5) is 28.1. The monoisotopic (exact) mass is 711 g/mol. The number of hydrogen-bond acceptors (Lipinski definition) is 6. The van der Waals surface area contributed by atoms with Gasteiger partial charge in [0.05, 0.1) is 15.6 Å². The molecule has 156 valence electrons. The fourth-order valence-electron chi connectivity index (χ4n) is 2.45. The molecule has 0 radical (unpaired) electrons. The molecule has 0 saturated heterocycles. The van der Waals surface area contributed by atoms with E-state index in [1.165, 1.54) is 0 Å². The first-order valence-electron chi connectivity index (χ1n) is 8.54. The van der Waals surface area contributed by atoms with Crippen LogP contribution in [0.2, 0.25) is 0 Å². The van der Waals surface area contributed by atoms with Crippen molar-refractivity contribution in [1.29, 1.82) is 0 Å². The van der Waals surface area contributed by atoms with E-state index in [0.717, 1.165) is 8.04 Å².